The highest BCUT2D eigenvalue weighted by atomic mass is 16.2. The van der Waals surface area contributed by atoms with Crippen molar-refractivity contribution in [1.82, 2.24) is 10.2 Å². The number of benzene rings is 3. The number of ketones is 1. The third-order valence-electron chi connectivity index (χ3n) is 6.40. The van der Waals surface area contributed by atoms with Gasteiger partial charge in [0, 0.05) is 5.56 Å². The Balaban J connectivity index is 1.77. The van der Waals surface area contributed by atoms with E-state index in [1.807, 2.05) is 69.3 Å². The molecule has 0 aliphatic carbocycles. The van der Waals surface area contributed by atoms with E-state index in [1.165, 1.54) is 4.90 Å². The quantitative estimate of drug-likeness (QED) is 0.486. The fourth-order valence-electron chi connectivity index (χ4n) is 4.85. The van der Waals surface area contributed by atoms with E-state index in [9.17, 15) is 14.4 Å². The Kier molecular flexibility index (Phi) is 4.92. The van der Waals surface area contributed by atoms with Crippen LogP contribution in [0.1, 0.15) is 52.0 Å². The van der Waals surface area contributed by atoms with Crippen LogP contribution in [0, 0.1) is 20.8 Å². The minimum absolute atomic E-state index is 0.0194. The average Bonchev–Trinajstić information content (AvgIpc) is 2.93. The highest BCUT2D eigenvalue weighted by Crippen LogP contribution is 2.35. The molecule has 1 unspecified atom stereocenters. The first-order valence-electron chi connectivity index (χ1n) is 10.4. The van der Waals surface area contributed by atoms with Crippen LogP contribution in [0.25, 0.3) is 10.8 Å². The monoisotopic (exact) mass is 414 g/mol. The van der Waals surface area contributed by atoms with Crippen LogP contribution in [0.4, 0.5) is 4.79 Å². The number of Topliss-reactive ketones (excluding diaryl/α,β-unsaturated/α-hetero) is 1. The molecule has 1 N–H and O–H groups in total. The second-order valence-electron chi connectivity index (χ2n) is 8.52. The number of carbonyl (C=O) groups is 3. The highest BCUT2D eigenvalue weighted by molar-refractivity contribution is 6.09. The van der Waals surface area contributed by atoms with E-state index >= 15 is 0 Å². The molecule has 0 spiro atoms. The summed E-state index contributed by atoms with van der Waals surface area (Å²) in [7, 11) is 0. The van der Waals surface area contributed by atoms with Crippen molar-refractivity contribution in [2.24, 2.45) is 0 Å². The van der Waals surface area contributed by atoms with Gasteiger partial charge in [-0.2, -0.15) is 0 Å². The molecule has 0 bridgehead atoms. The zero-order valence-corrected chi connectivity index (χ0v) is 18.5. The summed E-state index contributed by atoms with van der Waals surface area (Å²) in [6, 6.07) is 15.1. The second kappa shape index (κ2) is 7.34. The molecule has 31 heavy (non-hydrogen) atoms. The third-order valence-corrected chi connectivity index (χ3v) is 6.40. The third kappa shape index (κ3) is 3.21. The number of nitrogens with one attached hydrogen (secondary N) is 1. The molecule has 1 atom stereocenters. The van der Waals surface area contributed by atoms with Gasteiger partial charge in [-0.05, 0) is 73.2 Å². The lowest BCUT2D eigenvalue weighted by molar-refractivity contribution is -0.131. The molecule has 3 aromatic carbocycles. The molecule has 0 aromatic heterocycles. The van der Waals surface area contributed by atoms with Crippen molar-refractivity contribution < 1.29 is 14.4 Å². The zero-order valence-electron chi connectivity index (χ0n) is 18.5. The van der Waals surface area contributed by atoms with Gasteiger partial charge in [0.05, 0.1) is 6.54 Å². The van der Waals surface area contributed by atoms with Gasteiger partial charge in [-0.25, -0.2) is 4.79 Å². The molecule has 1 saturated heterocycles. The summed E-state index contributed by atoms with van der Waals surface area (Å²) in [6.07, 6.45) is 0. The van der Waals surface area contributed by atoms with Gasteiger partial charge in [-0.3, -0.25) is 14.5 Å². The maximum absolute atomic E-state index is 13.6. The molecule has 5 heteroatoms. The number of amides is 3. The van der Waals surface area contributed by atoms with Crippen LogP contribution in [0.5, 0.6) is 0 Å². The SMILES string of the molecule is CC(=O)c1c(C)cc(C)c(CN2C(=O)NC(C)(c3cccc4ccccc34)C2=O)c1C. The summed E-state index contributed by atoms with van der Waals surface area (Å²) in [5, 5.41) is 4.86. The first-order chi connectivity index (χ1) is 14.6. The van der Waals surface area contributed by atoms with Gasteiger partial charge in [-0.15, -0.1) is 0 Å². The molecule has 3 amide bonds. The molecule has 1 fully saturated rings. The fourth-order valence-corrected chi connectivity index (χ4v) is 4.85. The van der Waals surface area contributed by atoms with Gasteiger partial charge in [0.25, 0.3) is 5.91 Å². The van der Waals surface area contributed by atoms with Crippen molar-refractivity contribution in [2.75, 3.05) is 0 Å². The van der Waals surface area contributed by atoms with Crippen molar-refractivity contribution in [3.05, 3.63) is 81.9 Å². The van der Waals surface area contributed by atoms with Crippen LogP contribution in [0.2, 0.25) is 0 Å². The first kappa shape index (κ1) is 20.8. The maximum atomic E-state index is 13.6. The van der Waals surface area contributed by atoms with Gasteiger partial charge in [0.1, 0.15) is 5.54 Å². The minimum Gasteiger partial charge on any atom is -0.319 e. The number of fused-ring (bicyclic) bond motifs is 1. The van der Waals surface area contributed by atoms with Crippen molar-refractivity contribution in [1.29, 1.82) is 0 Å². The van der Waals surface area contributed by atoms with E-state index in [-0.39, 0.29) is 18.2 Å². The summed E-state index contributed by atoms with van der Waals surface area (Å²) in [6.45, 7) is 9.16. The van der Waals surface area contributed by atoms with Gasteiger partial charge < -0.3 is 5.32 Å². The average molecular weight is 415 g/mol. The normalized spacial score (nSPS) is 18.5. The number of hydrogen-bond acceptors (Lipinski definition) is 3. The second-order valence-corrected chi connectivity index (χ2v) is 8.52. The maximum Gasteiger partial charge on any atom is 0.325 e. The molecular formula is C26H26N2O3. The van der Waals surface area contributed by atoms with E-state index in [4.69, 9.17) is 0 Å². The van der Waals surface area contributed by atoms with Crippen LogP contribution < -0.4 is 5.32 Å². The van der Waals surface area contributed by atoms with Gasteiger partial charge in [0.2, 0.25) is 0 Å². The minimum atomic E-state index is -1.16. The molecule has 158 valence electrons. The topological polar surface area (TPSA) is 66.5 Å². The molecule has 0 radical (unpaired) electrons. The molecule has 1 aliphatic rings. The summed E-state index contributed by atoms with van der Waals surface area (Å²) in [5.41, 5.74) is 3.79. The molecule has 1 aliphatic heterocycles. The highest BCUT2D eigenvalue weighted by Gasteiger charge is 2.49. The Labute approximate surface area is 182 Å². The van der Waals surface area contributed by atoms with E-state index in [2.05, 4.69) is 5.32 Å². The lowest BCUT2D eigenvalue weighted by atomic mass is 9.87. The standard InChI is InChI=1S/C26H26N2O3/c1-15-13-16(2)23(18(4)29)17(3)21(15)14-28-24(30)26(5,27-25(28)31)22-12-8-10-19-9-6-7-11-20(19)22/h6-13H,14H2,1-5H3,(H,27,31). The number of urea groups is 1. The summed E-state index contributed by atoms with van der Waals surface area (Å²) < 4.78 is 0. The number of hydrogen-bond donors (Lipinski definition) is 1. The summed E-state index contributed by atoms with van der Waals surface area (Å²) in [4.78, 5) is 39.9. The van der Waals surface area contributed by atoms with Gasteiger partial charge in [0.15, 0.2) is 5.78 Å². The van der Waals surface area contributed by atoms with E-state index in [1.54, 1.807) is 13.8 Å². The molecule has 4 rings (SSSR count). The van der Waals surface area contributed by atoms with Gasteiger partial charge in [-0.1, -0.05) is 48.5 Å². The van der Waals surface area contributed by atoms with Crippen LogP contribution >= 0.6 is 0 Å². The Morgan fingerprint density at radius 2 is 1.68 bits per heavy atom. The number of carbonyl (C=O) groups excluding carboxylic acids is 3. The van der Waals surface area contributed by atoms with Crippen molar-refractivity contribution in [2.45, 2.75) is 46.7 Å². The van der Waals surface area contributed by atoms with Crippen LogP contribution in [-0.4, -0.2) is 22.6 Å². The van der Waals surface area contributed by atoms with Crippen LogP contribution in [0.3, 0.4) is 0 Å². The number of rotatable bonds is 4. The van der Waals surface area contributed by atoms with Crippen LogP contribution in [-0.2, 0) is 16.9 Å². The van der Waals surface area contributed by atoms with Crippen molar-refractivity contribution in [3.63, 3.8) is 0 Å². The van der Waals surface area contributed by atoms with E-state index < -0.39 is 11.6 Å². The molecule has 0 saturated carbocycles. The first-order valence-corrected chi connectivity index (χ1v) is 10.4. The van der Waals surface area contributed by atoms with Crippen molar-refractivity contribution in [3.8, 4) is 0 Å². The predicted molar refractivity (Wildman–Crippen MR) is 121 cm³/mol. The van der Waals surface area contributed by atoms with Crippen molar-refractivity contribution >= 4 is 28.5 Å². The Bertz CT molecular complexity index is 1260. The smallest absolute Gasteiger partial charge is 0.319 e. The Morgan fingerprint density at radius 1 is 1.00 bits per heavy atom. The Morgan fingerprint density at radius 3 is 2.39 bits per heavy atom. The van der Waals surface area contributed by atoms with Crippen LogP contribution in [0.15, 0.2) is 48.5 Å². The van der Waals surface area contributed by atoms with Gasteiger partial charge >= 0.3 is 6.03 Å². The fraction of sp³-hybridized carbons (Fsp3) is 0.269. The largest absolute Gasteiger partial charge is 0.325 e. The number of aryl methyl sites for hydroxylation is 2. The van der Waals surface area contributed by atoms with E-state index in [0.717, 1.165) is 38.6 Å². The lowest BCUT2D eigenvalue weighted by Gasteiger charge is -2.24. The molecule has 5 nitrogen and oxygen atoms in total. The molecular weight excluding hydrogens is 388 g/mol. The summed E-state index contributed by atoms with van der Waals surface area (Å²) in [5.74, 6) is -0.313. The Hall–Kier alpha value is -3.47. The lowest BCUT2D eigenvalue weighted by Crippen LogP contribution is -2.41. The van der Waals surface area contributed by atoms with E-state index in [0.29, 0.717) is 5.56 Å². The zero-order chi connectivity index (χ0) is 22.5. The predicted octanol–water partition coefficient (Wildman–Crippen LogP) is 4.93. The summed E-state index contributed by atoms with van der Waals surface area (Å²) >= 11 is 0. The number of imide groups is 1. The molecule has 3 aromatic rings. The molecule has 1 heterocycles. The number of nitrogens with zero attached hydrogens (tertiary/aromatic N) is 1.